The molecule has 5 nitrogen and oxygen atoms in total. The van der Waals surface area contributed by atoms with Crippen molar-refractivity contribution in [2.45, 2.75) is 70.6 Å². The zero-order chi connectivity index (χ0) is 24.8. The highest BCUT2D eigenvalue weighted by molar-refractivity contribution is 5.66. The van der Waals surface area contributed by atoms with Crippen molar-refractivity contribution in [2.75, 3.05) is 10.6 Å². The smallest absolute Gasteiger partial charge is 0.421 e. The Balaban J connectivity index is 1.59. The maximum absolute atomic E-state index is 13.8. The van der Waals surface area contributed by atoms with Crippen molar-refractivity contribution in [3.63, 3.8) is 0 Å². The standard InChI is InChI=1S/C27H31F3N4O/c1-3-18(2)35-21-15-13-20(14-16-21)32-26-31-17-23(27(28,29)30)25(34-26)33-24-12-8-7-11-22(24)19-9-5-4-6-10-19/h7-8,11-19H,3-6,9-10H2,1-2H3,(H2,31,32,33,34). The van der Waals surface area contributed by atoms with Crippen LogP contribution in [0, 0.1) is 0 Å². The Labute approximate surface area is 204 Å². The molecule has 186 valence electrons. The molecule has 1 unspecified atom stereocenters. The summed E-state index contributed by atoms with van der Waals surface area (Å²) in [5, 5.41) is 5.97. The van der Waals surface area contributed by atoms with E-state index in [1.165, 1.54) is 6.42 Å². The molecule has 1 aromatic heterocycles. The molecule has 0 bridgehead atoms. The van der Waals surface area contributed by atoms with E-state index in [2.05, 4.69) is 20.6 Å². The summed E-state index contributed by atoms with van der Waals surface area (Å²) in [7, 11) is 0. The molecule has 2 aromatic carbocycles. The van der Waals surface area contributed by atoms with E-state index < -0.39 is 11.7 Å². The Morgan fingerprint density at radius 2 is 1.71 bits per heavy atom. The lowest BCUT2D eigenvalue weighted by Gasteiger charge is -2.25. The molecule has 1 saturated carbocycles. The fraction of sp³-hybridized carbons (Fsp3) is 0.407. The molecule has 35 heavy (non-hydrogen) atoms. The van der Waals surface area contributed by atoms with Gasteiger partial charge in [0, 0.05) is 17.6 Å². The highest BCUT2D eigenvalue weighted by atomic mass is 19.4. The normalized spacial score (nSPS) is 15.5. The minimum atomic E-state index is -4.59. The predicted molar refractivity (Wildman–Crippen MR) is 133 cm³/mol. The summed E-state index contributed by atoms with van der Waals surface area (Å²) >= 11 is 0. The molecule has 0 aliphatic heterocycles. The third-order valence-electron chi connectivity index (χ3n) is 6.38. The SMILES string of the molecule is CCC(C)Oc1ccc(Nc2ncc(C(F)(F)F)c(Nc3ccccc3C3CCCCC3)n2)cc1. The summed E-state index contributed by atoms with van der Waals surface area (Å²) in [4.78, 5) is 8.14. The molecule has 0 radical (unpaired) electrons. The number of hydrogen-bond acceptors (Lipinski definition) is 5. The molecule has 0 saturated heterocycles. The number of ether oxygens (including phenoxy) is 1. The van der Waals surface area contributed by atoms with Gasteiger partial charge in [-0.25, -0.2) is 4.98 Å². The summed E-state index contributed by atoms with van der Waals surface area (Å²) in [6.45, 7) is 4.03. The van der Waals surface area contributed by atoms with Gasteiger partial charge in [-0.1, -0.05) is 44.4 Å². The number of alkyl halides is 3. The molecule has 1 heterocycles. The zero-order valence-electron chi connectivity index (χ0n) is 20.0. The Kier molecular flexibility index (Phi) is 7.78. The summed E-state index contributed by atoms with van der Waals surface area (Å²) < 4.78 is 47.1. The third kappa shape index (κ3) is 6.44. The minimum Gasteiger partial charge on any atom is -0.491 e. The van der Waals surface area contributed by atoms with Gasteiger partial charge < -0.3 is 15.4 Å². The number of aromatic nitrogens is 2. The van der Waals surface area contributed by atoms with Crippen molar-refractivity contribution in [3.05, 3.63) is 65.9 Å². The van der Waals surface area contributed by atoms with Gasteiger partial charge in [0.05, 0.1) is 6.10 Å². The molecule has 8 heteroatoms. The van der Waals surface area contributed by atoms with Gasteiger partial charge in [0.15, 0.2) is 0 Å². The number of para-hydroxylation sites is 1. The zero-order valence-corrected chi connectivity index (χ0v) is 20.0. The number of halogens is 3. The molecule has 0 spiro atoms. The van der Waals surface area contributed by atoms with Crippen molar-refractivity contribution in [3.8, 4) is 5.75 Å². The van der Waals surface area contributed by atoms with Crippen LogP contribution in [-0.2, 0) is 6.18 Å². The van der Waals surface area contributed by atoms with E-state index in [9.17, 15) is 13.2 Å². The van der Waals surface area contributed by atoms with Crippen molar-refractivity contribution in [1.82, 2.24) is 9.97 Å². The van der Waals surface area contributed by atoms with Gasteiger partial charge in [0.1, 0.15) is 17.1 Å². The van der Waals surface area contributed by atoms with E-state index in [4.69, 9.17) is 4.74 Å². The first kappa shape index (κ1) is 24.8. The monoisotopic (exact) mass is 484 g/mol. The first-order valence-corrected chi connectivity index (χ1v) is 12.2. The number of nitrogens with one attached hydrogen (secondary N) is 2. The molecule has 1 aliphatic rings. The van der Waals surface area contributed by atoms with Crippen LogP contribution >= 0.6 is 0 Å². The highest BCUT2D eigenvalue weighted by Crippen LogP contribution is 2.40. The maximum atomic E-state index is 13.8. The lowest BCUT2D eigenvalue weighted by Crippen LogP contribution is -2.14. The quantitative estimate of drug-likeness (QED) is 0.337. The summed E-state index contributed by atoms with van der Waals surface area (Å²) in [6.07, 6.45) is 2.77. The Bertz CT molecular complexity index is 1110. The highest BCUT2D eigenvalue weighted by Gasteiger charge is 2.35. The summed E-state index contributed by atoms with van der Waals surface area (Å²) in [6, 6.07) is 14.7. The van der Waals surface area contributed by atoms with Gasteiger partial charge in [0.25, 0.3) is 0 Å². The second-order valence-corrected chi connectivity index (χ2v) is 8.99. The first-order chi connectivity index (χ1) is 16.8. The second kappa shape index (κ2) is 11.0. The van der Waals surface area contributed by atoms with Crippen molar-refractivity contribution >= 4 is 23.1 Å². The second-order valence-electron chi connectivity index (χ2n) is 8.99. The number of rotatable bonds is 8. The number of nitrogens with zero attached hydrogens (tertiary/aromatic N) is 2. The van der Waals surface area contributed by atoms with Gasteiger partial charge in [-0.15, -0.1) is 0 Å². The molecule has 4 rings (SSSR count). The van der Waals surface area contributed by atoms with E-state index in [0.717, 1.165) is 49.6 Å². The van der Waals surface area contributed by atoms with Gasteiger partial charge >= 0.3 is 6.18 Å². The van der Waals surface area contributed by atoms with Crippen LogP contribution in [0.3, 0.4) is 0 Å². The molecular formula is C27H31F3N4O. The fourth-order valence-electron chi connectivity index (χ4n) is 4.31. The largest absolute Gasteiger partial charge is 0.491 e. The average Bonchev–Trinajstić information content (AvgIpc) is 2.85. The average molecular weight is 485 g/mol. The van der Waals surface area contributed by atoms with Gasteiger partial charge in [-0.3, -0.25) is 0 Å². The Morgan fingerprint density at radius 1 is 1.00 bits per heavy atom. The van der Waals surface area contributed by atoms with Crippen LogP contribution in [0.25, 0.3) is 0 Å². The maximum Gasteiger partial charge on any atom is 0.421 e. The minimum absolute atomic E-state index is 0.0752. The van der Waals surface area contributed by atoms with E-state index in [1.54, 1.807) is 24.3 Å². The Morgan fingerprint density at radius 3 is 2.40 bits per heavy atom. The lowest BCUT2D eigenvalue weighted by molar-refractivity contribution is -0.137. The van der Waals surface area contributed by atoms with Crippen molar-refractivity contribution in [2.24, 2.45) is 0 Å². The van der Waals surface area contributed by atoms with Gasteiger partial charge in [-0.2, -0.15) is 18.2 Å². The fourth-order valence-corrected chi connectivity index (χ4v) is 4.31. The van der Waals surface area contributed by atoms with Crippen LogP contribution < -0.4 is 15.4 Å². The van der Waals surface area contributed by atoms with E-state index >= 15 is 0 Å². The number of hydrogen-bond donors (Lipinski definition) is 2. The van der Waals surface area contributed by atoms with Crippen LogP contribution in [0.2, 0.25) is 0 Å². The molecule has 1 atom stereocenters. The van der Waals surface area contributed by atoms with Crippen LogP contribution in [-0.4, -0.2) is 16.1 Å². The predicted octanol–water partition coefficient (Wildman–Crippen LogP) is 8.21. The molecule has 0 amide bonds. The van der Waals surface area contributed by atoms with Crippen LogP contribution in [0.15, 0.2) is 54.7 Å². The van der Waals surface area contributed by atoms with Crippen molar-refractivity contribution < 1.29 is 17.9 Å². The molecule has 1 aliphatic carbocycles. The van der Waals surface area contributed by atoms with Crippen LogP contribution in [0.4, 0.5) is 36.3 Å². The van der Waals surface area contributed by atoms with Gasteiger partial charge in [0.2, 0.25) is 5.95 Å². The summed E-state index contributed by atoms with van der Waals surface area (Å²) in [5.74, 6) is 0.860. The Hall–Kier alpha value is -3.29. The topological polar surface area (TPSA) is 59.1 Å². The lowest BCUT2D eigenvalue weighted by atomic mass is 9.83. The van der Waals surface area contributed by atoms with Crippen LogP contribution in [0.1, 0.15) is 69.4 Å². The van der Waals surface area contributed by atoms with Crippen LogP contribution in [0.5, 0.6) is 5.75 Å². The first-order valence-electron chi connectivity index (χ1n) is 12.2. The third-order valence-corrected chi connectivity index (χ3v) is 6.38. The molecule has 2 N–H and O–H groups in total. The van der Waals surface area contributed by atoms with E-state index in [-0.39, 0.29) is 17.9 Å². The number of benzene rings is 2. The molecule has 1 fully saturated rings. The number of anilines is 4. The van der Waals surface area contributed by atoms with Gasteiger partial charge in [-0.05, 0) is 68.0 Å². The molecular weight excluding hydrogens is 453 g/mol. The molecule has 3 aromatic rings. The van der Waals surface area contributed by atoms with E-state index in [0.29, 0.717) is 17.3 Å². The van der Waals surface area contributed by atoms with Crippen molar-refractivity contribution in [1.29, 1.82) is 0 Å². The summed E-state index contributed by atoms with van der Waals surface area (Å²) in [5.41, 5.74) is 1.43. The van der Waals surface area contributed by atoms with E-state index in [1.807, 2.05) is 38.1 Å².